The second kappa shape index (κ2) is 3.24. The van der Waals surface area contributed by atoms with Crippen LogP contribution in [-0.4, -0.2) is 0 Å². The Morgan fingerprint density at radius 2 is 1.88 bits per heavy atom. The van der Waals surface area contributed by atoms with Gasteiger partial charge in [-0.05, 0) is 30.5 Å². The summed E-state index contributed by atoms with van der Waals surface area (Å²) in [5.41, 5.74) is -1.47. The molecule has 0 N–H and O–H groups in total. The lowest BCUT2D eigenvalue weighted by atomic mass is 9.95. The van der Waals surface area contributed by atoms with Gasteiger partial charge in [-0.3, -0.25) is 0 Å². The number of alkyl halides is 3. The molecule has 0 unspecified atom stereocenters. The fourth-order valence-electron chi connectivity index (χ4n) is 1.68. The summed E-state index contributed by atoms with van der Waals surface area (Å²) < 4.78 is 50.4. The molecule has 0 saturated heterocycles. The minimum Gasteiger partial charge on any atom is -0.206 e. The van der Waals surface area contributed by atoms with Gasteiger partial charge < -0.3 is 0 Å². The van der Waals surface area contributed by atoms with E-state index in [4.69, 9.17) is 6.42 Å². The van der Waals surface area contributed by atoms with Crippen molar-refractivity contribution >= 4 is 0 Å². The molecule has 0 heterocycles. The van der Waals surface area contributed by atoms with Gasteiger partial charge in [-0.25, -0.2) is 4.39 Å². The molecule has 1 aliphatic rings. The lowest BCUT2D eigenvalue weighted by Gasteiger charge is -2.13. The maximum absolute atomic E-state index is 13.0. The first-order chi connectivity index (χ1) is 7.39. The predicted molar refractivity (Wildman–Crippen MR) is 51.1 cm³/mol. The highest BCUT2D eigenvalue weighted by molar-refractivity contribution is 5.43. The Labute approximate surface area is 90.3 Å². The van der Waals surface area contributed by atoms with Gasteiger partial charge >= 0.3 is 6.18 Å². The van der Waals surface area contributed by atoms with Crippen molar-refractivity contribution in [3.63, 3.8) is 0 Å². The third-order valence-electron chi connectivity index (χ3n) is 2.85. The maximum Gasteiger partial charge on any atom is 0.419 e. The zero-order valence-electron chi connectivity index (χ0n) is 8.24. The molecular formula is C12H8F4. The topological polar surface area (TPSA) is 0 Å². The molecule has 1 fully saturated rings. The molecule has 0 bridgehead atoms. The van der Waals surface area contributed by atoms with Crippen LogP contribution in [0.25, 0.3) is 0 Å². The quantitative estimate of drug-likeness (QED) is 0.509. The minimum absolute atomic E-state index is 0.378. The molecule has 0 aromatic heterocycles. The number of halogens is 4. The first-order valence-electron chi connectivity index (χ1n) is 4.74. The van der Waals surface area contributed by atoms with Crippen LogP contribution >= 0.6 is 0 Å². The summed E-state index contributed by atoms with van der Waals surface area (Å²) in [6, 6.07) is 2.98. The number of benzene rings is 1. The van der Waals surface area contributed by atoms with E-state index in [0.29, 0.717) is 18.4 Å². The molecule has 1 aromatic carbocycles. The van der Waals surface area contributed by atoms with Crippen LogP contribution in [-0.2, 0) is 11.6 Å². The van der Waals surface area contributed by atoms with Crippen LogP contribution in [0.3, 0.4) is 0 Å². The Hall–Kier alpha value is -1.50. The largest absolute Gasteiger partial charge is 0.419 e. The second-order valence-electron chi connectivity index (χ2n) is 3.92. The van der Waals surface area contributed by atoms with E-state index in [1.165, 1.54) is 6.07 Å². The van der Waals surface area contributed by atoms with Gasteiger partial charge in [-0.2, -0.15) is 13.2 Å². The van der Waals surface area contributed by atoms with E-state index in [0.717, 1.165) is 12.1 Å². The van der Waals surface area contributed by atoms with Gasteiger partial charge in [-0.1, -0.05) is 12.0 Å². The molecule has 0 nitrogen and oxygen atoms in total. The Morgan fingerprint density at radius 1 is 1.25 bits per heavy atom. The van der Waals surface area contributed by atoms with Gasteiger partial charge in [0.25, 0.3) is 0 Å². The van der Waals surface area contributed by atoms with Crippen LogP contribution < -0.4 is 0 Å². The second-order valence-corrected chi connectivity index (χ2v) is 3.92. The van der Waals surface area contributed by atoms with Crippen molar-refractivity contribution in [1.29, 1.82) is 0 Å². The maximum atomic E-state index is 13.0. The van der Waals surface area contributed by atoms with Crippen LogP contribution in [0.1, 0.15) is 24.0 Å². The van der Waals surface area contributed by atoms with Gasteiger partial charge in [0.1, 0.15) is 5.82 Å². The summed E-state index contributed by atoms with van der Waals surface area (Å²) in [5, 5.41) is 0. The van der Waals surface area contributed by atoms with E-state index in [-0.39, 0.29) is 0 Å². The summed E-state index contributed by atoms with van der Waals surface area (Å²) in [6.07, 6.45) is 1.92. The van der Waals surface area contributed by atoms with E-state index in [1.807, 2.05) is 0 Å². The van der Waals surface area contributed by atoms with Crippen molar-refractivity contribution in [2.24, 2.45) is 0 Å². The van der Waals surface area contributed by atoms with Gasteiger partial charge in [0.15, 0.2) is 0 Å². The fourth-order valence-corrected chi connectivity index (χ4v) is 1.68. The van der Waals surface area contributed by atoms with Gasteiger partial charge in [0, 0.05) is 0 Å². The standard InChI is InChI=1S/C12H8F4/c1-2-11(5-6-11)8-3-4-10(13)9(7-8)12(14,15)16/h1,3-4,7H,5-6H2. The van der Waals surface area contributed by atoms with Crippen LogP contribution in [0.5, 0.6) is 0 Å². The molecule has 0 spiro atoms. The lowest BCUT2D eigenvalue weighted by Crippen LogP contribution is -2.11. The van der Waals surface area contributed by atoms with Gasteiger partial charge in [0.05, 0.1) is 11.0 Å². The number of hydrogen-bond acceptors (Lipinski definition) is 0. The van der Waals surface area contributed by atoms with Crippen LogP contribution in [0, 0.1) is 18.2 Å². The minimum atomic E-state index is -4.68. The zero-order chi connectivity index (χ0) is 12.0. The molecule has 16 heavy (non-hydrogen) atoms. The fraction of sp³-hybridized carbons (Fsp3) is 0.333. The van der Waals surface area contributed by atoms with Crippen molar-refractivity contribution in [2.45, 2.75) is 24.4 Å². The van der Waals surface area contributed by atoms with Crippen molar-refractivity contribution in [3.8, 4) is 12.3 Å². The molecule has 84 valence electrons. The number of rotatable bonds is 1. The number of terminal acetylenes is 1. The summed E-state index contributed by atoms with van der Waals surface area (Å²) >= 11 is 0. The van der Waals surface area contributed by atoms with Crippen molar-refractivity contribution in [1.82, 2.24) is 0 Å². The SMILES string of the molecule is C#CC1(c2ccc(F)c(C(F)(F)F)c2)CC1. The van der Waals surface area contributed by atoms with E-state index in [2.05, 4.69) is 5.92 Å². The van der Waals surface area contributed by atoms with Crippen molar-refractivity contribution in [2.75, 3.05) is 0 Å². The first kappa shape index (κ1) is 11.0. The van der Waals surface area contributed by atoms with Crippen molar-refractivity contribution < 1.29 is 17.6 Å². The van der Waals surface area contributed by atoms with Gasteiger partial charge in [-0.15, -0.1) is 6.42 Å². The Balaban J connectivity index is 2.49. The molecule has 2 rings (SSSR count). The Morgan fingerprint density at radius 3 is 2.31 bits per heavy atom. The van der Waals surface area contributed by atoms with E-state index < -0.39 is 23.0 Å². The molecule has 1 saturated carbocycles. The zero-order valence-corrected chi connectivity index (χ0v) is 8.24. The highest BCUT2D eigenvalue weighted by atomic mass is 19.4. The Bertz CT molecular complexity index is 461. The normalized spacial score (nSPS) is 17.9. The first-order valence-corrected chi connectivity index (χ1v) is 4.74. The summed E-state index contributed by atoms with van der Waals surface area (Å²) in [4.78, 5) is 0. The highest BCUT2D eigenvalue weighted by Crippen LogP contribution is 2.48. The molecule has 0 amide bonds. The monoisotopic (exact) mass is 228 g/mol. The molecule has 0 aliphatic heterocycles. The molecule has 0 atom stereocenters. The summed E-state index contributed by atoms with van der Waals surface area (Å²) in [7, 11) is 0. The highest BCUT2D eigenvalue weighted by Gasteiger charge is 2.44. The molecular weight excluding hydrogens is 220 g/mol. The predicted octanol–water partition coefficient (Wildman–Crippen LogP) is 3.51. The summed E-state index contributed by atoms with van der Waals surface area (Å²) in [6.45, 7) is 0. The van der Waals surface area contributed by atoms with E-state index in [1.54, 1.807) is 0 Å². The van der Waals surface area contributed by atoms with Crippen LogP contribution in [0.15, 0.2) is 18.2 Å². The lowest BCUT2D eigenvalue weighted by molar-refractivity contribution is -0.140. The Kier molecular flexibility index (Phi) is 2.23. The van der Waals surface area contributed by atoms with E-state index >= 15 is 0 Å². The molecule has 0 radical (unpaired) electrons. The molecule has 4 heteroatoms. The summed E-state index contributed by atoms with van der Waals surface area (Å²) in [5.74, 6) is 1.22. The van der Waals surface area contributed by atoms with Crippen molar-refractivity contribution in [3.05, 3.63) is 35.1 Å². The van der Waals surface area contributed by atoms with Crippen LogP contribution in [0.2, 0.25) is 0 Å². The van der Waals surface area contributed by atoms with Gasteiger partial charge in [0.2, 0.25) is 0 Å². The third kappa shape index (κ3) is 1.67. The van der Waals surface area contributed by atoms with Crippen LogP contribution in [0.4, 0.5) is 17.6 Å². The molecule has 1 aliphatic carbocycles. The molecule has 1 aromatic rings. The number of hydrogen-bond donors (Lipinski definition) is 0. The smallest absolute Gasteiger partial charge is 0.206 e. The van der Waals surface area contributed by atoms with E-state index in [9.17, 15) is 17.6 Å². The third-order valence-corrected chi connectivity index (χ3v) is 2.85. The average Bonchev–Trinajstić information content (AvgIpc) is 2.97. The average molecular weight is 228 g/mol.